The monoisotopic (exact) mass is 144 g/mol. The minimum Gasteiger partial charge on any atom is -0.298 e. The Kier molecular flexibility index (Phi) is 2.57. The summed E-state index contributed by atoms with van der Waals surface area (Å²) >= 11 is 4.77. The van der Waals surface area contributed by atoms with E-state index in [1.807, 2.05) is 0 Å². The van der Waals surface area contributed by atoms with E-state index in [2.05, 4.69) is 17.6 Å². The van der Waals surface area contributed by atoms with Crippen LogP contribution >= 0.6 is 12.2 Å². The van der Waals surface area contributed by atoms with E-state index in [4.69, 9.17) is 12.2 Å². The Bertz CT molecular complexity index is 105. The molecule has 2 N–H and O–H groups in total. The lowest BCUT2D eigenvalue weighted by Crippen LogP contribution is -2.53. The molecule has 2 nitrogen and oxygen atoms in total. The van der Waals surface area contributed by atoms with E-state index in [9.17, 15) is 0 Å². The summed E-state index contributed by atoms with van der Waals surface area (Å²) in [7, 11) is 0. The maximum Gasteiger partial charge on any atom is 0.0870 e. The third-order valence-electron chi connectivity index (χ3n) is 1.54. The lowest BCUT2D eigenvalue weighted by Gasteiger charge is -2.26. The Labute approximate surface area is 61.0 Å². The van der Waals surface area contributed by atoms with Crippen molar-refractivity contribution in [3.8, 4) is 0 Å². The van der Waals surface area contributed by atoms with Crippen LogP contribution in [0.3, 0.4) is 0 Å². The van der Waals surface area contributed by atoms with Crippen LogP contribution in [-0.2, 0) is 0 Å². The van der Waals surface area contributed by atoms with Crippen molar-refractivity contribution in [1.82, 2.24) is 10.6 Å². The summed E-state index contributed by atoms with van der Waals surface area (Å²) in [5, 5.41) is 8.26. The first kappa shape index (κ1) is 7.12. The summed E-state index contributed by atoms with van der Waals surface area (Å²) in [5.74, 6) is 0. The first-order chi connectivity index (χ1) is 4.33. The molecule has 9 heavy (non-hydrogen) atoms. The van der Waals surface area contributed by atoms with Gasteiger partial charge in [0.05, 0.1) is 6.17 Å². The molecule has 0 aromatic carbocycles. The maximum atomic E-state index is 4.77. The van der Waals surface area contributed by atoms with E-state index in [-0.39, 0.29) is 6.17 Å². The van der Waals surface area contributed by atoms with Crippen LogP contribution < -0.4 is 10.6 Å². The molecule has 0 radical (unpaired) electrons. The molecule has 2 atom stereocenters. The maximum absolute atomic E-state index is 4.77. The van der Waals surface area contributed by atoms with Crippen LogP contribution in [0.5, 0.6) is 0 Å². The van der Waals surface area contributed by atoms with E-state index in [0.29, 0.717) is 6.04 Å². The van der Waals surface area contributed by atoms with Gasteiger partial charge in [-0.25, -0.2) is 0 Å². The van der Waals surface area contributed by atoms with Gasteiger partial charge in [-0.05, 0) is 19.9 Å². The lowest BCUT2D eigenvalue weighted by atomic mass is 10.2. The first-order valence-corrected chi connectivity index (χ1v) is 3.75. The van der Waals surface area contributed by atoms with Crippen LogP contribution in [0, 0.1) is 0 Å². The van der Waals surface area contributed by atoms with Crippen molar-refractivity contribution in [2.75, 3.05) is 6.54 Å². The summed E-state index contributed by atoms with van der Waals surface area (Å²) in [6.45, 7) is 3.25. The average Bonchev–Trinajstić information content (AvgIpc) is 1.88. The number of rotatable bonds is 1. The average molecular weight is 144 g/mol. The molecule has 3 heteroatoms. The summed E-state index contributed by atoms with van der Waals surface area (Å²) in [6, 6.07) is 0.607. The molecule has 0 aromatic rings. The molecule has 1 fully saturated rings. The normalized spacial score (nSPS) is 36.1. The van der Waals surface area contributed by atoms with Gasteiger partial charge in [0.15, 0.2) is 0 Å². The third-order valence-corrected chi connectivity index (χ3v) is 1.81. The van der Waals surface area contributed by atoms with Crippen molar-refractivity contribution >= 4 is 17.6 Å². The molecule has 1 aliphatic heterocycles. The highest BCUT2D eigenvalue weighted by atomic mass is 32.1. The molecule has 2 unspecified atom stereocenters. The minimum atomic E-state index is 0.253. The van der Waals surface area contributed by atoms with Gasteiger partial charge in [-0.1, -0.05) is 12.2 Å². The van der Waals surface area contributed by atoms with Crippen LogP contribution in [0.2, 0.25) is 0 Å². The molecule has 0 bridgehead atoms. The second-order valence-electron chi connectivity index (χ2n) is 2.42. The predicted molar refractivity (Wildman–Crippen MR) is 42.7 cm³/mol. The summed E-state index contributed by atoms with van der Waals surface area (Å²) in [4.78, 5) is 0. The standard InChI is InChI=1S/C6H12N2S/c1-5-2-3-7-6(4-9)8-5/h4-8H,2-3H2,1H3. The summed E-state index contributed by atoms with van der Waals surface area (Å²) in [5.41, 5.74) is 0. The van der Waals surface area contributed by atoms with Gasteiger partial charge in [0.2, 0.25) is 0 Å². The third kappa shape index (κ3) is 2.01. The van der Waals surface area contributed by atoms with Gasteiger partial charge in [0, 0.05) is 11.4 Å². The molecular weight excluding hydrogens is 132 g/mol. The number of hydrogen-bond acceptors (Lipinski definition) is 3. The van der Waals surface area contributed by atoms with Gasteiger partial charge >= 0.3 is 0 Å². The number of thiocarbonyl (C=S) groups is 1. The Morgan fingerprint density at radius 3 is 2.89 bits per heavy atom. The SMILES string of the molecule is CC1CCNC(C=S)N1. The van der Waals surface area contributed by atoms with Crippen LogP contribution in [0.25, 0.3) is 0 Å². The number of hydrogen-bond donors (Lipinski definition) is 2. The van der Waals surface area contributed by atoms with Gasteiger partial charge in [0.1, 0.15) is 0 Å². The number of nitrogens with one attached hydrogen (secondary N) is 2. The van der Waals surface area contributed by atoms with E-state index >= 15 is 0 Å². The van der Waals surface area contributed by atoms with E-state index in [1.54, 1.807) is 5.37 Å². The molecule has 52 valence electrons. The van der Waals surface area contributed by atoms with Crippen molar-refractivity contribution in [1.29, 1.82) is 0 Å². The highest BCUT2D eigenvalue weighted by Gasteiger charge is 2.13. The van der Waals surface area contributed by atoms with E-state index < -0.39 is 0 Å². The fourth-order valence-corrected chi connectivity index (χ4v) is 1.17. The van der Waals surface area contributed by atoms with Crippen molar-refractivity contribution in [2.24, 2.45) is 0 Å². The molecule has 0 aliphatic carbocycles. The van der Waals surface area contributed by atoms with Gasteiger partial charge in [-0.15, -0.1) is 0 Å². The Morgan fingerprint density at radius 2 is 2.44 bits per heavy atom. The zero-order chi connectivity index (χ0) is 6.69. The van der Waals surface area contributed by atoms with Crippen LogP contribution in [-0.4, -0.2) is 24.1 Å². The molecule has 1 rings (SSSR count). The van der Waals surface area contributed by atoms with Crippen LogP contribution in [0.4, 0.5) is 0 Å². The predicted octanol–water partition coefficient (Wildman–Crippen LogP) is 0.284. The zero-order valence-corrected chi connectivity index (χ0v) is 6.37. The van der Waals surface area contributed by atoms with E-state index in [0.717, 1.165) is 6.54 Å². The van der Waals surface area contributed by atoms with Crippen molar-refractivity contribution < 1.29 is 0 Å². The van der Waals surface area contributed by atoms with Crippen LogP contribution in [0.15, 0.2) is 0 Å². The fraction of sp³-hybridized carbons (Fsp3) is 0.833. The molecule has 1 heterocycles. The van der Waals surface area contributed by atoms with Gasteiger partial charge in [0.25, 0.3) is 0 Å². The molecule has 0 aromatic heterocycles. The molecule has 0 saturated carbocycles. The molecule has 0 spiro atoms. The van der Waals surface area contributed by atoms with E-state index in [1.165, 1.54) is 6.42 Å². The Balaban J connectivity index is 2.31. The van der Waals surface area contributed by atoms with Crippen molar-refractivity contribution in [3.63, 3.8) is 0 Å². The second kappa shape index (κ2) is 3.25. The lowest BCUT2D eigenvalue weighted by molar-refractivity contribution is 0.375. The molecular formula is C6H12N2S. The Hall–Kier alpha value is 0.01000. The van der Waals surface area contributed by atoms with Gasteiger partial charge in [-0.3, -0.25) is 10.6 Å². The fourth-order valence-electron chi connectivity index (χ4n) is 0.992. The largest absolute Gasteiger partial charge is 0.298 e. The Morgan fingerprint density at radius 1 is 1.67 bits per heavy atom. The highest BCUT2D eigenvalue weighted by molar-refractivity contribution is 7.79. The van der Waals surface area contributed by atoms with Gasteiger partial charge in [-0.2, -0.15) is 0 Å². The minimum absolute atomic E-state index is 0.253. The zero-order valence-electron chi connectivity index (χ0n) is 5.55. The molecule has 0 amide bonds. The summed E-state index contributed by atoms with van der Waals surface area (Å²) < 4.78 is 0. The molecule has 1 aliphatic rings. The van der Waals surface area contributed by atoms with Gasteiger partial charge < -0.3 is 0 Å². The van der Waals surface area contributed by atoms with Crippen molar-refractivity contribution in [3.05, 3.63) is 0 Å². The quantitative estimate of drug-likeness (QED) is 0.517. The topological polar surface area (TPSA) is 24.1 Å². The van der Waals surface area contributed by atoms with Crippen LogP contribution in [0.1, 0.15) is 13.3 Å². The highest BCUT2D eigenvalue weighted by Crippen LogP contribution is 1.95. The first-order valence-electron chi connectivity index (χ1n) is 3.27. The molecule has 1 saturated heterocycles. The summed E-state index contributed by atoms with van der Waals surface area (Å²) in [6.07, 6.45) is 1.45. The van der Waals surface area contributed by atoms with Crippen molar-refractivity contribution in [2.45, 2.75) is 25.6 Å². The second-order valence-corrected chi connectivity index (χ2v) is 2.70. The smallest absolute Gasteiger partial charge is 0.0870 e.